The second-order valence-electron chi connectivity index (χ2n) is 8.67. The van der Waals surface area contributed by atoms with Gasteiger partial charge in [-0.3, -0.25) is 9.48 Å². The van der Waals surface area contributed by atoms with Gasteiger partial charge in [-0.25, -0.2) is 9.37 Å². The fourth-order valence-corrected chi connectivity index (χ4v) is 4.77. The lowest BCUT2D eigenvalue weighted by molar-refractivity contribution is 0.102. The number of rotatable bonds is 6. The van der Waals surface area contributed by atoms with Crippen LogP contribution in [-0.2, 0) is 7.05 Å². The van der Waals surface area contributed by atoms with E-state index in [1.165, 1.54) is 13.2 Å². The Kier molecular flexibility index (Phi) is 5.60. The highest BCUT2D eigenvalue weighted by Crippen LogP contribution is 2.37. The summed E-state index contributed by atoms with van der Waals surface area (Å²) in [4.78, 5) is 19.9. The molecule has 0 unspecified atom stereocenters. The molecule has 10 heteroatoms. The summed E-state index contributed by atoms with van der Waals surface area (Å²) < 4.78 is 23.5. The number of pyridine rings is 1. The average molecular weight is 466 g/mol. The van der Waals surface area contributed by atoms with Crippen molar-refractivity contribution in [2.45, 2.75) is 26.3 Å². The second kappa shape index (κ2) is 8.60. The van der Waals surface area contributed by atoms with Gasteiger partial charge < -0.3 is 24.7 Å². The summed E-state index contributed by atoms with van der Waals surface area (Å²) in [5.41, 5.74) is 3.06. The van der Waals surface area contributed by atoms with Crippen LogP contribution in [0.4, 0.5) is 15.8 Å². The summed E-state index contributed by atoms with van der Waals surface area (Å²) >= 11 is 0. The van der Waals surface area contributed by atoms with Gasteiger partial charge in [0.2, 0.25) is 0 Å². The van der Waals surface area contributed by atoms with Gasteiger partial charge in [-0.15, -0.1) is 0 Å². The number of fused-ring (bicyclic) bond motifs is 2. The van der Waals surface area contributed by atoms with Crippen molar-refractivity contribution >= 4 is 33.8 Å². The third-order valence-electron chi connectivity index (χ3n) is 6.21. The van der Waals surface area contributed by atoms with Crippen molar-refractivity contribution in [1.82, 2.24) is 24.5 Å². The van der Waals surface area contributed by atoms with E-state index in [0.29, 0.717) is 34.3 Å². The summed E-state index contributed by atoms with van der Waals surface area (Å²) in [5, 5.41) is 11.8. The van der Waals surface area contributed by atoms with Crippen LogP contribution in [0, 0.1) is 12.7 Å². The molecular weight excluding hydrogens is 437 g/mol. The topological polar surface area (TPSA) is 88.7 Å². The lowest BCUT2D eigenvalue weighted by atomic mass is 10.1. The Balaban J connectivity index is 1.54. The molecule has 178 valence electrons. The van der Waals surface area contributed by atoms with Gasteiger partial charge in [0.1, 0.15) is 16.8 Å². The lowest BCUT2D eigenvalue weighted by Gasteiger charge is -2.22. The van der Waals surface area contributed by atoms with E-state index < -0.39 is 11.7 Å². The molecule has 0 radical (unpaired) electrons. The molecule has 1 aliphatic heterocycles. The number of nitrogens with zero attached hydrogens (tertiary/aromatic N) is 5. The van der Waals surface area contributed by atoms with Crippen LogP contribution < -0.4 is 20.3 Å². The highest BCUT2D eigenvalue weighted by Gasteiger charge is 2.28. The van der Waals surface area contributed by atoms with E-state index in [-0.39, 0.29) is 5.65 Å². The quantitative estimate of drug-likeness (QED) is 0.455. The minimum absolute atomic E-state index is 0.214. The number of hydrogen-bond donors (Lipinski definition) is 2. The number of anilines is 2. The average Bonchev–Trinajstić information content (AvgIpc) is 3.50. The summed E-state index contributed by atoms with van der Waals surface area (Å²) in [6.45, 7) is 6.59. The van der Waals surface area contributed by atoms with Gasteiger partial charge in [0.05, 0.1) is 24.2 Å². The number of methoxy groups -OCH3 is 1. The van der Waals surface area contributed by atoms with E-state index in [9.17, 15) is 9.18 Å². The molecule has 4 aromatic rings. The molecule has 0 bridgehead atoms. The van der Waals surface area contributed by atoms with Crippen LogP contribution in [-0.4, -0.2) is 57.9 Å². The molecule has 1 amide bonds. The molecule has 3 aromatic heterocycles. The largest absolute Gasteiger partial charge is 0.496 e. The lowest BCUT2D eigenvalue weighted by Crippen LogP contribution is -2.32. The van der Waals surface area contributed by atoms with Crippen molar-refractivity contribution in [3.05, 3.63) is 47.8 Å². The third-order valence-corrected chi connectivity index (χ3v) is 6.21. The Morgan fingerprint density at radius 2 is 2.12 bits per heavy atom. The van der Waals surface area contributed by atoms with Crippen molar-refractivity contribution in [2.24, 2.45) is 7.05 Å². The van der Waals surface area contributed by atoms with E-state index in [4.69, 9.17) is 4.74 Å². The van der Waals surface area contributed by atoms with Crippen molar-refractivity contribution < 1.29 is 13.9 Å². The van der Waals surface area contributed by atoms with Crippen LogP contribution in [0.2, 0.25) is 0 Å². The summed E-state index contributed by atoms with van der Waals surface area (Å²) in [5.74, 6) is -0.513. The number of imidazole rings is 1. The molecule has 34 heavy (non-hydrogen) atoms. The summed E-state index contributed by atoms with van der Waals surface area (Å²) in [6.07, 6.45) is 6.30. The van der Waals surface area contributed by atoms with Gasteiger partial charge >= 0.3 is 0 Å². The Hall–Kier alpha value is -3.66. The summed E-state index contributed by atoms with van der Waals surface area (Å²) in [7, 11) is 3.37. The monoisotopic (exact) mass is 465 g/mol. The van der Waals surface area contributed by atoms with Gasteiger partial charge in [0.25, 0.3) is 5.91 Å². The molecule has 0 spiro atoms. The van der Waals surface area contributed by atoms with Gasteiger partial charge in [0, 0.05) is 62.3 Å². The molecule has 1 aliphatic rings. The molecule has 1 saturated heterocycles. The highest BCUT2D eigenvalue weighted by molar-refractivity contribution is 6.16. The van der Waals surface area contributed by atoms with Crippen LogP contribution in [0.3, 0.4) is 0 Å². The van der Waals surface area contributed by atoms with Crippen LogP contribution in [0.15, 0.2) is 30.7 Å². The molecule has 1 atom stereocenters. The van der Waals surface area contributed by atoms with Crippen LogP contribution in [0.1, 0.15) is 29.4 Å². The first-order valence-electron chi connectivity index (χ1n) is 11.4. The number of nitrogens with one attached hydrogen (secondary N) is 2. The number of hydrogen-bond acceptors (Lipinski definition) is 6. The van der Waals surface area contributed by atoms with Crippen LogP contribution in [0.25, 0.3) is 16.6 Å². The van der Waals surface area contributed by atoms with E-state index in [0.717, 1.165) is 37.1 Å². The standard InChI is InChI=1S/C24H28FN7O2/c1-5-26-15-6-7-31(11-15)19-9-20(34-4)21(22-17(19)13-30(3)29-22)24(33)28-16-8-18(25)23-27-14(2)10-32(23)12-16/h8-10,12-13,15,26H,5-7,11H2,1-4H3,(H,28,33)/t15-/m0/s1. The number of halogens is 1. The van der Waals surface area contributed by atoms with Crippen molar-refractivity contribution in [2.75, 3.05) is 37.0 Å². The Labute approximate surface area is 196 Å². The number of aromatic nitrogens is 4. The van der Waals surface area contributed by atoms with E-state index in [2.05, 4.69) is 32.5 Å². The zero-order valence-electron chi connectivity index (χ0n) is 19.7. The van der Waals surface area contributed by atoms with Gasteiger partial charge in [-0.1, -0.05) is 6.92 Å². The van der Waals surface area contributed by atoms with Crippen LogP contribution >= 0.6 is 0 Å². The fourth-order valence-electron chi connectivity index (χ4n) is 4.77. The third kappa shape index (κ3) is 3.83. The first kappa shape index (κ1) is 22.1. The maximum Gasteiger partial charge on any atom is 0.261 e. The first-order valence-corrected chi connectivity index (χ1v) is 11.4. The smallest absolute Gasteiger partial charge is 0.261 e. The number of benzene rings is 1. The van der Waals surface area contributed by atoms with Gasteiger partial charge in [-0.05, 0) is 19.9 Å². The minimum atomic E-state index is -0.513. The number of likely N-dealkylation sites (N-methyl/N-ethyl adjacent to an activating group) is 1. The number of carbonyl (C=O) groups excluding carboxylic acids is 1. The zero-order valence-corrected chi connectivity index (χ0v) is 19.7. The predicted molar refractivity (Wildman–Crippen MR) is 129 cm³/mol. The van der Waals surface area contributed by atoms with Gasteiger partial charge in [-0.2, -0.15) is 5.10 Å². The minimum Gasteiger partial charge on any atom is -0.496 e. The van der Waals surface area contributed by atoms with Crippen molar-refractivity contribution in [3.8, 4) is 5.75 Å². The highest BCUT2D eigenvalue weighted by atomic mass is 19.1. The van der Waals surface area contributed by atoms with Crippen molar-refractivity contribution in [3.63, 3.8) is 0 Å². The molecule has 1 aromatic carbocycles. The molecule has 5 rings (SSSR count). The Morgan fingerprint density at radius 1 is 1.29 bits per heavy atom. The van der Waals surface area contributed by atoms with Gasteiger partial charge in [0.15, 0.2) is 11.5 Å². The second-order valence-corrected chi connectivity index (χ2v) is 8.67. The molecule has 9 nitrogen and oxygen atoms in total. The van der Waals surface area contributed by atoms with Crippen LogP contribution in [0.5, 0.6) is 5.75 Å². The maximum absolute atomic E-state index is 14.5. The number of carbonyl (C=O) groups is 1. The molecule has 2 N–H and O–H groups in total. The van der Waals surface area contributed by atoms with Crippen molar-refractivity contribution in [1.29, 1.82) is 0 Å². The van der Waals surface area contributed by atoms with E-state index >= 15 is 0 Å². The number of aryl methyl sites for hydroxylation is 2. The number of amides is 1. The fraction of sp³-hybridized carbons (Fsp3) is 0.375. The first-order chi connectivity index (χ1) is 16.4. The normalized spacial score (nSPS) is 16.0. The van der Waals surface area contributed by atoms with E-state index in [1.807, 2.05) is 19.3 Å². The molecule has 1 fully saturated rings. The molecular formula is C24H28FN7O2. The Morgan fingerprint density at radius 3 is 2.88 bits per heavy atom. The zero-order chi connectivity index (χ0) is 24.0. The molecule has 0 saturated carbocycles. The molecule has 0 aliphatic carbocycles. The maximum atomic E-state index is 14.5. The van der Waals surface area contributed by atoms with E-state index in [1.54, 1.807) is 28.4 Å². The molecule has 4 heterocycles. The predicted octanol–water partition coefficient (Wildman–Crippen LogP) is 3.12. The Bertz CT molecular complexity index is 1390. The number of ether oxygens (including phenoxy) is 1. The SMILES string of the molecule is CCN[C@H]1CCN(c2cc(OC)c(C(=O)Nc3cc(F)c4nc(C)cn4c3)c3nn(C)cc23)C1. The summed E-state index contributed by atoms with van der Waals surface area (Å²) in [6, 6.07) is 3.58.